The van der Waals surface area contributed by atoms with Crippen LogP contribution in [0.15, 0.2) is 146 Å². The molecule has 8 aromatic carbocycles. The molecule has 356 valence electrons. The molecule has 0 heterocycles. The van der Waals surface area contributed by atoms with Gasteiger partial charge in [-0.2, -0.15) is 12.1 Å². The van der Waals surface area contributed by atoms with Gasteiger partial charge < -0.3 is 14.9 Å². The Hall–Kier alpha value is -4.36. The van der Waals surface area contributed by atoms with Crippen LogP contribution in [0.3, 0.4) is 0 Å². The standard InChI is InChI=1S/2C32H37.2CH3.Si.Zr/c2*1-21(2)24-19-29-27(22-9-13-25(14-10-22)31(3,4)5)17-18-28(30(29)20-24)23-11-15-26(16-12-23)32(6,7)8;;;;/h2*9-21H,1-8H3;2*1H3;;/q4*-1;;. The van der Waals surface area contributed by atoms with E-state index in [0.717, 1.165) is 0 Å². The van der Waals surface area contributed by atoms with E-state index in [0.29, 0.717) is 11.8 Å². The molecule has 68 heavy (non-hydrogen) atoms. The number of benzene rings is 6. The zero-order valence-corrected chi connectivity index (χ0v) is 48.5. The second kappa shape index (κ2) is 22.2. The molecule has 0 atom stereocenters. The molecule has 0 saturated heterocycles. The molecule has 0 aliphatic heterocycles. The molecule has 0 unspecified atom stereocenters. The van der Waals surface area contributed by atoms with Crippen molar-refractivity contribution in [3.63, 3.8) is 0 Å². The molecule has 0 aliphatic rings. The first kappa shape index (κ1) is 56.2. The zero-order valence-electron chi connectivity index (χ0n) is 45.0. The first-order valence-corrected chi connectivity index (χ1v) is 28.2. The van der Waals surface area contributed by atoms with Crippen LogP contribution < -0.4 is 0 Å². The Morgan fingerprint density at radius 1 is 0.338 bits per heavy atom. The van der Waals surface area contributed by atoms with E-state index in [-0.39, 0.29) is 36.5 Å². The van der Waals surface area contributed by atoms with Gasteiger partial charge in [0.15, 0.2) is 0 Å². The average Bonchev–Trinajstić information content (AvgIpc) is 3.93. The molecule has 0 aromatic heterocycles. The van der Waals surface area contributed by atoms with Crippen molar-refractivity contribution in [1.29, 1.82) is 0 Å². The number of hydrogen-bond acceptors (Lipinski definition) is 0. The van der Waals surface area contributed by atoms with Crippen LogP contribution in [0.1, 0.15) is 156 Å². The van der Waals surface area contributed by atoms with Crippen LogP contribution in [0, 0.1) is 14.9 Å². The molecule has 0 fully saturated rings. The summed E-state index contributed by atoms with van der Waals surface area (Å²) in [5, 5.41) is 5.42. The zero-order chi connectivity index (χ0) is 48.5. The van der Waals surface area contributed by atoms with Crippen molar-refractivity contribution in [2.45, 2.75) is 144 Å². The Balaban J connectivity index is 0.000000278. The van der Waals surface area contributed by atoms with Gasteiger partial charge in [0.05, 0.1) is 0 Å². The summed E-state index contributed by atoms with van der Waals surface area (Å²) in [7, 11) is 0. The van der Waals surface area contributed by atoms with E-state index in [4.69, 9.17) is 0 Å². The van der Waals surface area contributed by atoms with Crippen LogP contribution >= 0.6 is 0 Å². The molecular formula is C66H80SiZr-4. The van der Waals surface area contributed by atoms with Crippen molar-refractivity contribution in [2.24, 2.45) is 0 Å². The summed E-state index contributed by atoms with van der Waals surface area (Å²) < 4.78 is 0. The van der Waals surface area contributed by atoms with E-state index < -0.39 is 0 Å². The van der Waals surface area contributed by atoms with Crippen LogP contribution in [0.2, 0.25) is 0 Å². The summed E-state index contributed by atoms with van der Waals surface area (Å²) in [5.41, 5.74) is 19.4. The summed E-state index contributed by atoms with van der Waals surface area (Å²) in [4.78, 5) is 0. The molecule has 0 nitrogen and oxygen atoms in total. The van der Waals surface area contributed by atoms with Crippen LogP contribution in [0.5, 0.6) is 0 Å². The average molecular weight is 993 g/mol. The first-order valence-electron chi connectivity index (χ1n) is 24.1. The van der Waals surface area contributed by atoms with E-state index in [9.17, 15) is 0 Å². The Kier molecular flexibility index (Phi) is 18.3. The van der Waals surface area contributed by atoms with Crippen molar-refractivity contribution < 1.29 is 23.3 Å². The third-order valence-electron chi connectivity index (χ3n) is 13.4. The summed E-state index contributed by atoms with van der Waals surface area (Å²) in [6.45, 7) is 39.4. The molecule has 8 rings (SSSR count). The maximum absolute atomic E-state index is 3.06. The molecule has 0 bridgehead atoms. The SMILES string of the molecule is CC(C)c1cc2c(-c3ccc(C(C)(C)C)cc3)ccc(-c3ccc(C(C)(C)C)cc3)c2[cH-]1.CC(C)c1cc2c(-c3ccc(C(C)(C)C)cc3)ccc(-c3ccc(C(C)(C)C)cc3)c2[cH-]1.[CH3-].[CH3-].[Si]=[Zr]. The summed E-state index contributed by atoms with van der Waals surface area (Å²) >= 11 is 1.36. The van der Waals surface area contributed by atoms with Crippen LogP contribution in [-0.2, 0) is 45.0 Å². The topological polar surface area (TPSA) is 0 Å². The van der Waals surface area contributed by atoms with Crippen LogP contribution in [-0.4, -0.2) is 6.88 Å². The van der Waals surface area contributed by atoms with Gasteiger partial charge in [-0.1, -0.05) is 265 Å². The van der Waals surface area contributed by atoms with E-state index in [1.807, 2.05) is 0 Å². The second-order valence-corrected chi connectivity index (χ2v) is 23.2. The quantitative estimate of drug-likeness (QED) is 0.115. The van der Waals surface area contributed by atoms with Gasteiger partial charge in [0, 0.05) is 0 Å². The normalized spacial score (nSPS) is 12.0. The number of hydrogen-bond donors (Lipinski definition) is 0. The first-order chi connectivity index (χ1) is 30.9. The third-order valence-corrected chi connectivity index (χ3v) is 13.4. The predicted molar refractivity (Wildman–Crippen MR) is 302 cm³/mol. The molecule has 0 spiro atoms. The number of fused-ring (bicyclic) bond motifs is 2. The van der Waals surface area contributed by atoms with Crippen molar-refractivity contribution >= 4 is 28.4 Å². The summed E-state index contributed by atoms with van der Waals surface area (Å²) in [5.74, 6) is 1.02. The third kappa shape index (κ3) is 12.7. The second-order valence-electron chi connectivity index (χ2n) is 23.2. The fourth-order valence-electron chi connectivity index (χ4n) is 8.92. The van der Waals surface area contributed by atoms with Gasteiger partial charge >= 0.3 is 30.2 Å². The fraction of sp³-hybridized carbons (Fsp3) is 0.333. The van der Waals surface area contributed by atoms with Gasteiger partial charge in [0.2, 0.25) is 0 Å². The molecular weight excluding hydrogens is 912 g/mol. The van der Waals surface area contributed by atoms with Gasteiger partial charge in [-0.05, 0) is 66.9 Å². The minimum atomic E-state index is 0. The predicted octanol–water partition coefficient (Wildman–Crippen LogP) is 19.7. The van der Waals surface area contributed by atoms with Gasteiger partial charge in [0.25, 0.3) is 0 Å². The Labute approximate surface area is 431 Å². The maximum atomic E-state index is 3.06. The van der Waals surface area contributed by atoms with Gasteiger partial charge in [0.1, 0.15) is 0 Å². The van der Waals surface area contributed by atoms with Crippen molar-refractivity contribution in [1.82, 2.24) is 0 Å². The Bertz CT molecular complexity index is 2480. The Morgan fingerprint density at radius 3 is 0.750 bits per heavy atom. The van der Waals surface area contributed by atoms with E-state index in [2.05, 4.69) is 263 Å². The van der Waals surface area contributed by atoms with Crippen LogP contribution in [0.25, 0.3) is 66.1 Å². The fourth-order valence-corrected chi connectivity index (χ4v) is 8.92. The van der Waals surface area contributed by atoms with Crippen molar-refractivity contribution in [2.75, 3.05) is 0 Å². The molecule has 0 N–H and O–H groups in total. The van der Waals surface area contributed by atoms with E-state index in [1.54, 1.807) is 0 Å². The molecule has 0 saturated carbocycles. The van der Waals surface area contributed by atoms with Crippen LogP contribution in [0.4, 0.5) is 0 Å². The molecule has 2 radical (unpaired) electrons. The van der Waals surface area contributed by atoms with E-state index >= 15 is 0 Å². The molecule has 0 aliphatic carbocycles. The van der Waals surface area contributed by atoms with Gasteiger partial charge in [-0.25, -0.2) is 0 Å². The van der Waals surface area contributed by atoms with Crippen molar-refractivity contribution in [3.05, 3.63) is 194 Å². The summed E-state index contributed by atoms with van der Waals surface area (Å²) in [6, 6.07) is 55.4. The minimum absolute atomic E-state index is 0. The van der Waals surface area contributed by atoms with Gasteiger partial charge in [-0.15, -0.1) is 44.8 Å². The monoisotopic (exact) mass is 991 g/mol. The number of rotatable bonds is 6. The van der Waals surface area contributed by atoms with Gasteiger partial charge in [-0.3, -0.25) is 0 Å². The Morgan fingerprint density at radius 2 is 0.544 bits per heavy atom. The van der Waals surface area contributed by atoms with E-state index in [1.165, 1.54) is 123 Å². The molecule has 8 aromatic rings. The van der Waals surface area contributed by atoms with Crippen molar-refractivity contribution in [3.8, 4) is 44.5 Å². The molecule has 0 amide bonds. The summed E-state index contributed by atoms with van der Waals surface area (Å²) in [6.07, 6.45) is 0. The molecule has 2 heteroatoms.